The molecule has 210 valence electrons. The van der Waals surface area contributed by atoms with E-state index in [1.165, 1.54) is 0 Å². The van der Waals surface area contributed by atoms with Gasteiger partial charge in [-0.2, -0.15) is 5.10 Å². The second-order valence-electron chi connectivity index (χ2n) is 10.3. The number of hydrogen-bond donors (Lipinski definition) is 1. The quantitative estimate of drug-likeness (QED) is 0.257. The predicted octanol–water partition coefficient (Wildman–Crippen LogP) is 6.04. The van der Waals surface area contributed by atoms with Crippen molar-refractivity contribution < 1.29 is 9.59 Å². The maximum atomic E-state index is 13.9. The third-order valence-corrected chi connectivity index (χ3v) is 8.57. The number of benzene rings is 3. The van der Waals surface area contributed by atoms with Crippen LogP contribution in [0.5, 0.6) is 0 Å². The first-order chi connectivity index (χ1) is 20.5. The number of anilines is 1. The van der Waals surface area contributed by atoms with Crippen molar-refractivity contribution in [3.63, 3.8) is 0 Å². The zero-order valence-electron chi connectivity index (χ0n) is 23.5. The molecule has 42 heavy (non-hydrogen) atoms. The molecule has 0 bridgehead atoms. The summed E-state index contributed by atoms with van der Waals surface area (Å²) in [4.78, 5) is 33.2. The molecule has 7 nitrogen and oxygen atoms in total. The number of amides is 2. The van der Waals surface area contributed by atoms with Crippen LogP contribution in [0.1, 0.15) is 33.2 Å². The van der Waals surface area contributed by atoms with E-state index in [1.54, 1.807) is 22.9 Å². The third kappa shape index (κ3) is 5.58. The third-order valence-electron chi connectivity index (χ3n) is 7.32. The molecule has 1 aliphatic heterocycles. The summed E-state index contributed by atoms with van der Waals surface area (Å²) >= 11 is 1.57. The Bertz CT molecular complexity index is 1740. The van der Waals surface area contributed by atoms with Crippen LogP contribution in [0, 0.1) is 13.8 Å². The highest BCUT2D eigenvalue weighted by Gasteiger charge is 2.37. The Labute approximate surface area is 249 Å². The number of rotatable bonds is 7. The van der Waals surface area contributed by atoms with Crippen molar-refractivity contribution in [3.8, 4) is 16.9 Å². The summed E-state index contributed by atoms with van der Waals surface area (Å²) in [6.07, 6.45) is 1.70. The van der Waals surface area contributed by atoms with Crippen LogP contribution in [-0.4, -0.2) is 38.9 Å². The van der Waals surface area contributed by atoms with Crippen LogP contribution in [-0.2, 0) is 16.1 Å². The van der Waals surface area contributed by atoms with Crippen LogP contribution >= 0.6 is 11.8 Å². The van der Waals surface area contributed by atoms with Crippen LogP contribution in [0.2, 0.25) is 0 Å². The number of carbonyl (C=O) groups is 2. The fraction of sp³-hybridized carbons (Fsp3) is 0.176. The molecule has 1 aliphatic rings. The molecule has 0 aliphatic carbocycles. The van der Waals surface area contributed by atoms with E-state index in [0.29, 0.717) is 5.82 Å². The summed E-state index contributed by atoms with van der Waals surface area (Å²) in [7, 11) is 0. The zero-order chi connectivity index (χ0) is 29.1. The molecule has 6 rings (SSSR count). The van der Waals surface area contributed by atoms with Gasteiger partial charge in [0.15, 0.2) is 0 Å². The van der Waals surface area contributed by atoms with E-state index in [2.05, 4.69) is 41.5 Å². The molecule has 1 N–H and O–H groups in total. The number of thioether (sulfide) groups is 1. The number of nitrogens with one attached hydrogen (secondary N) is 1. The Kier molecular flexibility index (Phi) is 7.88. The molecule has 3 heterocycles. The summed E-state index contributed by atoms with van der Waals surface area (Å²) < 4.78 is 1.85. The second kappa shape index (κ2) is 12.0. The maximum Gasteiger partial charge on any atom is 0.240 e. The summed E-state index contributed by atoms with van der Waals surface area (Å²) in [5.41, 5.74) is 7.52. The molecule has 2 amide bonds. The zero-order valence-corrected chi connectivity index (χ0v) is 24.3. The SMILES string of the molecule is Cc1cccc([C@@H]2SCC(=O)N(CC(=O)NCc3ccccn3)c3c2c(-c2ccccc2)nn3-c2ccccc2C)c1. The van der Waals surface area contributed by atoms with Crippen LogP contribution in [0.25, 0.3) is 16.9 Å². The minimum absolute atomic E-state index is 0.133. The molecule has 0 spiro atoms. The highest BCUT2D eigenvalue weighted by molar-refractivity contribution is 8.00. The number of aromatic nitrogens is 3. The van der Waals surface area contributed by atoms with Gasteiger partial charge in [-0.05, 0) is 43.2 Å². The average Bonchev–Trinajstić information content (AvgIpc) is 3.33. The number of aryl methyl sites for hydroxylation is 2. The molecule has 0 fully saturated rings. The van der Waals surface area contributed by atoms with E-state index in [-0.39, 0.29) is 35.9 Å². The lowest BCUT2D eigenvalue weighted by atomic mass is 9.98. The van der Waals surface area contributed by atoms with Crippen LogP contribution < -0.4 is 10.2 Å². The molecular formula is C34H31N5O2S. The Morgan fingerprint density at radius 3 is 2.50 bits per heavy atom. The first kappa shape index (κ1) is 27.5. The number of nitrogens with zero attached hydrogens (tertiary/aromatic N) is 4. The Morgan fingerprint density at radius 1 is 0.952 bits per heavy atom. The molecule has 8 heteroatoms. The van der Waals surface area contributed by atoms with Crippen LogP contribution in [0.15, 0.2) is 103 Å². The van der Waals surface area contributed by atoms with Gasteiger partial charge in [-0.15, -0.1) is 11.8 Å². The van der Waals surface area contributed by atoms with Crippen molar-refractivity contribution in [3.05, 3.63) is 131 Å². The van der Waals surface area contributed by atoms with E-state index in [9.17, 15) is 9.59 Å². The van der Waals surface area contributed by atoms with Gasteiger partial charge in [0.05, 0.1) is 34.6 Å². The topological polar surface area (TPSA) is 80.1 Å². The molecule has 3 aromatic carbocycles. The van der Waals surface area contributed by atoms with E-state index in [0.717, 1.165) is 44.9 Å². The number of pyridine rings is 1. The van der Waals surface area contributed by atoms with Crippen molar-refractivity contribution >= 4 is 29.4 Å². The fourth-order valence-corrected chi connectivity index (χ4v) is 6.47. The van der Waals surface area contributed by atoms with Gasteiger partial charge in [0.1, 0.15) is 12.4 Å². The normalized spacial score (nSPS) is 14.8. The molecule has 0 saturated heterocycles. The van der Waals surface area contributed by atoms with Gasteiger partial charge in [-0.3, -0.25) is 19.5 Å². The highest BCUT2D eigenvalue weighted by Crippen LogP contribution is 2.48. The lowest BCUT2D eigenvalue weighted by molar-refractivity contribution is -0.123. The largest absolute Gasteiger partial charge is 0.349 e. The van der Waals surface area contributed by atoms with Gasteiger partial charge in [0, 0.05) is 17.3 Å². The molecule has 0 unspecified atom stereocenters. The van der Waals surface area contributed by atoms with Crippen molar-refractivity contribution in [1.82, 2.24) is 20.1 Å². The van der Waals surface area contributed by atoms with Crippen molar-refractivity contribution in [2.75, 3.05) is 17.2 Å². The molecule has 1 atom stereocenters. The van der Waals surface area contributed by atoms with E-state index in [1.807, 2.05) is 84.4 Å². The van der Waals surface area contributed by atoms with Gasteiger partial charge < -0.3 is 5.32 Å². The average molecular weight is 574 g/mol. The van der Waals surface area contributed by atoms with Crippen molar-refractivity contribution in [1.29, 1.82) is 0 Å². The lowest BCUT2D eigenvalue weighted by Gasteiger charge is -2.23. The van der Waals surface area contributed by atoms with Crippen LogP contribution in [0.3, 0.4) is 0 Å². The summed E-state index contributed by atoms with van der Waals surface area (Å²) in [5.74, 6) is 0.442. The molecular weight excluding hydrogens is 542 g/mol. The van der Waals surface area contributed by atoms with Crippen molar-refractivity contribution in [2.24, 2.45) is 0 Å². The first-order valence-corrected chi connectivity index (χ1v) is 14.9. The van der Waals surface area contributed by atoms with Gasteiger partial charge in [-0.25, -0.2) is 4.68 Å². The smallest absolute Gasteiger partial charge is 0.240 e. The molecule has 0 radical (unpaired) electrons. The predicted molar refractivity (Wildman–Crippen MR) is 168 cm³/mol. The first-order valence-electron chi connectivity index (χ1n) is 13.9. The maximum absolute atomic E-state index is 13.9. The lowest BCUT2D eigenvalue weighted by Crippen LogP contribution is -2.42. The van der Waals surface area contributed by atoms with E-state index in [4.69, 9.17) is 5.10 Å². The number of hydrogen-bond acceptors (Lipinski definition) is 5. The van der Waals surface area contributed by atoms with Crippen LogP contribution in [0.4, 0.5) is 5.82 Å². The minimum atomic E-state index is -0.266. The van der Waals surface area contributed by atoms with E-state index < -0.39 is 0 Å². The van der Waals surface area contributed by atoms with Crippen molar-refractivity contribution in [2.45, 2.75) is 25.6 Å². The summed E-state index contributed by atoms with van der Waals surface area (Å²) in [6, 6.07) is 32.0. The number of fused-ring (bicyclic) bond motifs is 1. The standard InChI is InChI=1S/C34H31N5O2S/c1-23-11-10-15-26(19-23)33-31-32(25-13-4-3-5-14-25)37-39(28-17-7-6-12-24(28)2)34(31)38(30(41)22-42-33)21-29(40)36-20-27-16-8-9-18-35-27/h3-19,33H,20-22H2,1-2H3,(H,36,40)/t33-/m0/s1. The van der Waals surface area contributed by atoms with Gasteiger partial charge in [-0.1, -0.05) is 84.4 Å². The summed E-state index contributed by atoms with van der Waals surface area (Å²) in [6.45, 7) is 4.25. The van der Waals surface area contributed by atoms with Gasteiger partial charge in [0.25, 0.3) is 0 Å². The summed E-state index contributed by atoms with van der Waals surface area (Å²) in [5, 5.41) is 7.96. The number of para-hydroxylation sites is 1. The Morgan fingerprint density at radius 2 is 1.74 bits per heavy atom. The molecule has 0 saturated carbocycles. The van der Waals surface area contributed by atoms with Gasteiger partial charge >= 0.3 is 0 Å². The fourth-order valence-electron chi connectivity index (χ4n) is 5.29. The monoisotopic (exact) mass is 573 g/mol. The Balaban J connectivity index is 1.53. The number of carbonyl (C=O) groups excluding carboxylic acids is 2. The molecule has 5 aromatic rings. The molecule has 2 aromatic heterocycles. The van der Waals surface area contributed by atoms with E-state index >= 15 is 0 Å². The Hall–Kier alpha value is -4.69. The van der Waals surface area contributed by atoms with Gasteiger partial charge in [0.2, 0.25) is 11.8 Å². The minimum Gasteiger partial charge on any atom is -0.349 e. The second-order valence-corrected chi connectivity index (χ2v) is 11.4. The highest BCUT2D eigenvalue weighted by atomic mass is 32.2.